The van der Waals surface area contributed by atoms with Gasteiger partial charge in [0.1, 0.15) is 6.29 Å². The molecule has 0 bridgehead atoms. The van der Waals surface area contributed by atoms with Crippen molar-refractivity contribution in [2.45, 2.75) is 39.5 Å². The van der Waals surface area contributed by atoms with Crippen LogP contribution in [0.4, 0.5) is 0 Å². The second-order valence-corrected chi connectivity index (χ2v) is 4.88. The summed E-state index contributed by atoms with van der Waals surface area (Å²) in [5, 5.41) is 0. The molecule has 1 saturated heterocycles. The van der Waals surface area contributed by atoms with E-state index >= 15 is 0 Å². The molecule has 2 heteroatoms. The predicted molar refractivity (Wildman–Crippen MR) is 59.3 cm³/mol. The van der Waals surface area contributed by atoms with Crippen molar-refractivity contribution in [2.24, 2.45) is 11.8 Å². The van der Waals surface area contributed by atoms with Gasteiger partial charge >= 0.3 is 0 Å². The number of likely N-dealkylation sites (tertiary alicyclic amines) is 1. The van der Waals surface area contributed by atoms with Gasteiger partial charge in [-0.3, -0.25) is 0 Å². The summed E-state index contributed by atoms with van der Waals surface area (Å²) in [6.07, 6.45) is 6.02. The second-order valence-electron chi connectivity index (χ2n) is 4.88. The topological polar surface area (TPSA) is 20.3 Å². The Hall–Kier alpha value is -0.370. The number of aldehydes is 1. The van der Waals surface area contributed by atoms with Crippen LogP contribution in [0.5, 0.6) is 0 Å². The van der Waals surface area contributed by atoms with E-state index in [1.807, 2.05) is 0 Å². The average Bonchev–Trinajstić information content (AvgIpc) is 2.18. The average molecular weight is 197 g/mol. The van der Waals surface area contributed by atoms with Gasteiger partial charge < -0.3 is 9.69 Å². The largest absolute Gasteiger partial charge is 0.303 e. The molecule has 1 aliphatic heterocycles. The summed E-state index contributed by atoms with van der Waals surface area (Å²) in [7, 11) is 0. The maximum Gasteiger partial charge on any atom is 0.124 e. The number of carbonyl (C=O) groups excluding carboxylic acids is 1. The molecule has 1 rings (SSSR count). The van der Waals surface area contributed by atoms with E-state index in [4.69, 9.17) is 0 Å². The molecule has 0 amide bonds. The number of hydrogen-bond acceptors (Lipinski definition) is 2. The van der Waals surface area contributed by atoms with Crippen molar-refractivity contribution in [3.63, 3.8) is 0 Å². The monoisotopic (exact) mass is 197 g/mol. The minimum Gasteiger partial charge on any atom is -0.303 e. The van der Waals surface area contributed by atoms with Crippen LogP contribution in [0.2, 0.25) is 0 Å². The summed E-state index contributed by atoms with van der Waals surface area (Å²) in [6.45, 7) is 7.92. The number of piperidine rings is 1. The highest BCUT2D eigenvalue weighted by molar-refractivity contribution is 5.53. The normalized spacial score (nSPS) is 24.1. The number of nitrogens with zero attached hydrogens (tertiary/aromatic N) is 1. The van der Waals surface area contributed by atoms with Crippen LogP contribution < -0.4 is 0 Å². The third kappa shape index (κ3) is 4.23. The van der Waals surface area contributed by atoms with E-state index < -0.39 is 0 Å². The Morgan fingerprint density at radius 3 is 2.93 bits per heavy atom. The highest BCUT2D eigenvalue weighted by Crippen LogP contribution is 2.15. The number of hydrogen-bond donors (Lipinski definition) is 0. The lowest BCUT2D eigenvalue weighted by atomic mass is 9.99. The van der Waals surface area contributed by atoms with Gasteiger partial charge in [0.2, 0.25) is 0 Å². The van der Waals surface area contributed by atoms with Gasteiger partial charge in [0.05, 0.1) is 0 Å². The molecule has 0 aromatic carbocycles. The molecule has 1 aliphatic rings. The van der Waals surface area contributed by atoms with Crippen molar-refractivity contribution in [1.29, 1.82) is 0 Å². The van der Waals surface area contributed by atoms with Crippen molar-refractivity contribution in [1.82, 2.24) is 4.90 Å². The van der Waals surface area contributed by atoms with E-state index in [9.17, 15) is 4.79 Å². The van der Waals surface area contributed by atoms with Gasteiger partial charge in [0.25, 0.3) is 0 Å². The number of rotatable bonds is 5. The van der Waals surface area contributed by atoms with E-state index in [0.717, 1.165) is 25.2 Å². The lowest BCUT2D eigenvalue weighted by Gasteiger charge is -2.30. The van der Waals surface area contributed by atoms with Crippen LogP contribution in [-0.4, -0.2) is 30.8 Å². The molecular weight excluding hydrogens is 174 g/mol. The molecule has 0 N–H and O–H groups in total. The lowest BCUT2D eigenvalue weighted by molar-refractivity contribution is -0.112. The standard InChI is InChI=1S/C12H23NO/c1-11(2)5-3-7-13-8-4-6-12(9-13)10-14/h10-12H,3-9H2,1-2H3. The minimum atomic E-state index is 0.308. The van der Waals surface area contributed by atoms with Crippen molar-refractivity contribution in [2.75, 3.05) is 19.6 Å². The molecule has 1 heterocycles. The van der Waals surface area contributed by atoms with Crippen molar-refractivity contribution in [3.8, 4) is 0 Å². The Bertz CT molecular complexity index is 168. The van der Waals surface area contributed by atoms with Gasteiger partial charge in [-0.25, -0.2) is 0 Å². The molecule has 0 saturated carbocycles. The summed E-state index contributed by atoms with van der Waals surface area (Å²) in [6, 6.07) is 0. The maximum absolute atomic E-state index is 10.7. The Kier molecular flexibility index (Phi) is 5.16. The molecule has 0 aliphatic carbocycles. The first-order chi connectivity index (χ1) is 6.72. The van der Waals surface area contributed by atoms with Crippen LogP contribution >= 0.6 is 0 Å². The van der Waals surface area contributed by atoms with Crippen molar-refractivity contribution < 1.29 is 4.79 Å². The van der Waals surface area contributed by atoms with Gasteiger partial charge in [-0.15, -0.1) is 0 Å². The fourth-order valence-corrected chi connectivity index (χ4v) is 2.13. The highest BCUT2D eigenvalue weighted by atomic mass is 16.1. The fraction of sp³-hybridized carbons (Fsp3) is 0.917. The van der Waals surface area contributed by atoms with Gasteiger partial charge in [-0.1, -0.05) is 13.8 Å². The Balaban J connectivity index is 2.14. The Morgan fingerprint density at radius 1 is 1.50 bits per heavy atom. The molecule has 0 aromatic heterocycles. The molecule has 14 heavy (non-hydrogen) atoms. The van der Waals surface area contributed by atoms with Gasteiger partial charge in [-0.05, 0) is 44.7 Å². The highest BCUT2D eigenvalue weighted by Gasteiger charge is 2.18. The van der Waals surface area contributed by atoms with Crippen molar-refractivity contribution >= 4 is 6.29 Å². The molecule has 1 atom stereocenters. The van der Waals surface area contributed by atoms with E-state index in [0.29, 0.717) is 5.92 Å². The van der Waals surface area contributed by atoms with Crippen LogP contribution in [-0.2, 0) is 4.79 Å². The smallest absolute Gasteiger partial charge is 0.124 e. The Morgan fingerprint density at radius 2 is 2.29 bits per heavy atom. The summed E-state index contributed by atoms with van der Waals surface area (Å²) in [4.78, 5) is 13.1. The summed E-state index contributed by atoms with van der Waals surface area (Å²) < 4.78 is 0. The van der Waals surface area contributed by atoms with Crippen LogP contribution in [0.15, 0.2) is 0 Å². The summed E-state index contributed by atoms with van der Waals surface area (Å²) in [5.41, 5.74) is 0. The zero-order chi connectivity index (χ0) is 10.4. The van der Waals surface area contributed by atoms with E-state index in [2.05, 4.69) is 18.7 Å². The van der Waals surface area contributed by atoms with Gasteiger partial charge in [0, 0.05) is 12.5 Å². The van der Waals surface area contributed by atoms with Crippen LogP contribution in [0.25, 0.3) is 0 Å². The van der Waals surface area contributed by atoms with Gasteiger partial charge in [-0.2, -0.15) is 0 Å². The van der Waals surface area contributed by atoms with E-state index in [1.165, 1.54) is 32.4 Å². The molecule has 1 unspecified atom stereocenters. The third-order valence-corrected chi connectivity index (χ3v) is 2.99. The molecule has 2 nitrogen and oxygen atoms in total. The first kappa shape index (κ1) is 11.7. The molecule has 0 aromatic rings. The molecular formula is C12H23NO. The zero-order valence-corrected chi connectivity index (χ0v) is 9.54. The lowest BCUT2D eigenvalue weighted by Crippen LogP contribution is -2.36. The second kappa shape index (κ2) is 6.18. The van der Waals surface area contributed by atoms with E-state index in [1.54, 1.807) is 0 Å². The van der Waals surface area contributed by atoms with E-state index in [-0.39, 0.29) is 0 Å². The predicted octanol–water partition coefficient (Wildman–Crippen LogP) is 2.33. The molecule has 0 radical (unpaired) electrons. The van der Waals surface area contributed by atoms with Crippen LogP contribution in [0, 0.1) is 11.8 Å². The Labute approximate surface area is 87.7 Å². The maximum atomic E-state index is 10.7. The quantitative estimate of drug-likeness (QED) is 0.630. The van der Waals surface area contributed by atoms with Crippen LogP contribution in [0.3, 0.4) is 0 Å². The summed E-state index contributed by atoms with van der Waals surface area (Å²) >= 11 is 0. The van der Waals surface area contributed by atoms with Crippen molar-refractivity contribution in [3.05, 3.63) is 0 Å². The van der Waals surface area contributed by atoms with Crippen LogP contribution in [0.1, 0.15) is 39.5 Å². The first-order valence-electron chi connectivity index (χ1n) is 5.90. The molecule has 1 fully saturated rings. The zero-order valence-electron chi connectivity index (χ0n) is 9.54. The third-order valence-electron chi connectivity index (χ3n) is 2.99. The molecule has 82 valence electrons. The SMILES string of the molecule is CC(C)CCCN1CCCC(C=O)C1. The summed E-state index contributed by atoms with van der Waals surface area (Å²) in [5.74, 6) is 1.12. The van der Waals surface area contributed by atoms with Gasteiger partial charge in [0.15, 0.2) is 0 Å². The first-order valence-corrected chi connectivity index (χ1v) is 5.90. The number of carbonyl (C=O) groups is 1. The minimum absolute atomic E-state index is 0.308. The molecule has 0 spiro atoms. The fourth-order valence-electron chi connectivity index (χ4n) is 2.13.